The van der Waals surface area contributed by atoms with E-state index in [0.29, 0.717) is 36.7 Å². The number of imidazole rings is 1. The van der Waals surface area contributed by atoms with E-state index in [4.69, 9.17) is 0 Å². The molecular weight excluding hydrogens is 355 g/mol. The first-order valence-corrected chi connectivity index (χ1v) is 9.27. The van der Waals surface area contributed by atoms with Crippen LogP contribution in [0.3, 0.4) is 0 Å². The Morgan fingerprint density at radius 2 is 1.86 bits per heavy atom. The van der Waals surface area contributed by atoms with Crippen LogP contribution in [-0.2, 0) is 13.1 Å². The minimum Gasteiger partial charge on any atom is -0.381 e. The van der Waals surface area contributed by atoms with E-state index in [-0.39, 0.29) is 11.4 Å². The largest absolute Gasteiger partial charge is 0.381 e. The van der Waals surface area contributed by atoms with Gasteiger partial charge in [-0.25, -0.2) is 9.37 Å². The zero-order valence-electron chi connectivity index (χ0n) is 15.6. The van der Waals surface area contributed by atoms with Crippen LogP contribution in [0.15, 0.2) is 71.7 Å². The van der Waals surface area contributed by atoms with E-state index in [9.17, 15) is 9.18 Å². The van der Waals surface area contributed by atoms with Gasteiger partial charge in [-0.1, -0.05) is 30.3 Å². The Morgan fingerprint density at radius 3 is 2.64 bits per heavy atom. The fourth-order valence-corrected chi connectivity index (χ4v) is 3.35. The van der Waals surface area contributed by atoms with Crippen LogP contribution in [-0.4, -0.2) is 20.7 Å². The first kappa shape index (κ1) is 18.0. The summed E-state index contributed by atoms with van der Waals surface area (Å²) in [6.07, 6.45) is 1.75. The van der Waals surface area contributed by atoms with Crippen molar-refractivity contribution >= 4 is 16.7 Å². The molecular formula is C22H21FN4O. The van der Waals surface area contributed by atoms with Crippen molar-refractivity contribution in [3.8, 4) is 0 Å². The number of nitrogens with one attached hydrogen (secondary N) is 1. The molecule has 0 amide bonds. The molecule has 0 aliphatic heterocycles. The quantitative estimate of drug-likeness (QED) is 0.556. The Bertz CT molecular complexity index is 1160. The standard InChI is InChI=1S/C22H21FN4O/c1-2-24-18-9-6-12-26(22(18)28)15-21-25-19-13-17(23)10-11-20(19)27(21)14-16-7-4-3-5-8-16/h3-13,24H,2,14-15H2,1H3. The van der Waals surface area contributed by atoms with E-state index in [1.165, 1.54) is 12.1 Å². The lowest BCUT2D eigenvalue weighted by Gasteiger charge is -2.12. The van der Waals surface area contributed by atoms with Gasteiger partial charge in [0, 0.05) is 25.4 Å². The van der Waals surface area contributed by atoms with E-state index >= 15 is 0 Å². The lowest BCUT2D eigenvalue weighted by atomic mass is 10.2. The second-order valence-corrected chi connectivity index (χ2v) is 6.62. The number of rotatable bonds is 6. The van der Waals surface area contributed by atoms with Crippen LogP contribution in [0.4, 0.5) is 10.1 Å². The highest BCUT2D eigenvalue weighted by molar-refractivity contribution is 5.76. The number of pyridine rings is 1. The molecule has 0 aliphatic rings. The first-order valence-electron chi connectivity index (χ1n) is 9.27. The van der Waals surface area contributed by atoms with E-state index in [2.05, 4.69) is 10.3 Å². The number of anilines is 1. The van der Waals surface area contributed by atoms with Crippen LogP contribution in [0.5, 0.6) is 0 Å². The normalized spacial score (nSPS) is 11.1. The van der Waals surface area contributed by atoms with Crippen LogP contribution in [0.1, 0.15) is 18.3 Å². The summed E-state index contributed by atoms with van der Waals surface area (Å²) in [4.78, 5) is 17.3. The summed E-state index contributed by atoms with van der Waals surface area (Å²) >= 11 is 0. The molecule has 0 spiro atoms. The van der Waals surface area contributed by atoms with Crippen LogP contribution in [0.25, 0.3) is 11.0 Å². The molecule has 142 valence electrons. The summed E-state index contributed by atoms with van der Waals surface area (Å²) in [7, 11) is 0. The average Bonchev–Trinajstić information content (AvgIpc) is 3.02. The number of fused-ring (bicyclic) bond motifs is 1. The van der Waals surface area contributed by atoms with Gasteiger partial charge in [-0.3, -0.25) is 4.79 Å². The van der Waals surface area contributed by atoms with Gasteiger partial charge in [0.05, 0.1) is 17.6 Å². The van der Waals surface area contributed by atoms with E-state index in [1.54, 1.807) is 22.9 Å². The van der Waals surface area contributed by atoms with Gasteiger partial charge >= 0.3 is 0 Å². The molecule has 4 rings (SSSR count). The number of hydrogen-bond acceptors (Lipinski definition) is 3. The number of aromatic nitrogens is 3. The molecule has 0 aliphatic carbocycles. The Balaban J connectivity index is 1.79. The average molecular weight is 376 g/mol. The SMILES string of the molecule is CCNc1cccn(Cc2nc3cc(F)ccc3n2Cc2ccccc2)c1=O. The van der Waals surface area contributed by atoms with Gasteiger partial charge < -0.3 is 14.5 Å². The molecule has 1 N–H and O–H groups in total. The highest BCUT2D eigenvalue weighted by Crippen LogP contribution is 2.20. The first-order chi connectivity index (χ1) is 13.7. The topological polar surface area (TPSA) is 51.9 Å². The number of nitrogens with zero attached hydrogens (tertiary/aromatic N) is 3. The van der Waals surface area contributed by atoms with Gasteiger partial charge in [0.2, 0.25) is 0 Å². The van der Waals surface area contributed by atoms with Crippen molar-refractivity contribution in [1.82, 2.24) is 14.1 Å². The molecule has 0 radical (unpaired) electrons. The summed E-state index contributed by atoms with van der Waals surface area (Å²) in [6, 6.07) is 18.2. The zero-order chi connectivity index (χ0) is 19.5. The molecule has 2 heterocycles. The van der Waals surface area contributed by atoms with Crippen molar-refractivity contribution in [2.45, 2.75) is 20.0 Å². The molecule has 0 saturated heterocycles. The molecule has 2 aromatic carbocycles. The van der Waals surface area contributed by atoms with Crippen LogP contribution < -0.4 is 10.9 Å². The monoisotopic (exact) mass is 376 g/mol. The molecule has 28 heavy (non-hydrogen) atoms. The van der Waals surface area contributed by atoms with Gasteiger partial charge in [-0.2, -0.15) is 0 Å². The Labute approximate surface area is 162 Å². The van der Waals surface area contributed by atoms with Gasteiger partial charge in [-0.05, 0) is 36.8 Å². The fourth-order valence-electron chi connectivity index (χ4n) is 3.35. The minimum atomic E-state index is -0.324. The molecule has 0 unspecified atom stereocenters. The Hall–Kier alpha value is -3.41. The van der Waals surface area contributed by atoms with Crippen LogP contribution in [0, 0.1) is 5.82 Å². The molecule has 4 aromatic rings. The maximum atomic E-state index is 13.7. The number of halogens is 1. The molecule has 0 saturated carbocycles. The van der Waals surface area contributed by atoms with Gasteiger partial charge in [0.25, 0.3) is 5.56 Å². The van der Waals surface area contributed by atoms with E-state index in [1.807, 2.05) is 47.9 Å². The lowest BCUT2D eigenvalue weighted by Crippen LogP contribution is -2.24. The molecule has 2 aromatic heterocycles. The predicted octanol–water partition coefficient (Wildman–Crippen LogP) is 3.87. The Kier molecular flexibility index (Phi) is 4.93. The van der Waals surface area contributed by atoms with Crippen molar-refractivity contribution in [2.75, 3.05) is 11.9 Å². The zero-order valence-corrected chi connectivity index (χ0v) is 15.6. The van der Waals surface area contributed by atoms with Crippen molar-refractivity contribution in [2.24, 2.45) is 0 Å². The number of hydrogen-bond donors (Lipinski definition) is 1. The minimum absolute atomic E-state index is 0.103. The summed E-state index contributed by atoms with van der Waals surface area (Å²) in [5, 5.41) is 3.08. The smallest absolute Gasteiger partial charge is 0.274 e. The second kappa shape index (κ2) is 7.68. The molecule has 0 atom stereocenters. The van der Waals surface area contributed by atoms with Crippen molar-refractivity contribution < 1.29 is 4.39 Å². The Morgan fingerprint density at radius 1 is 1.04 bits per heavy atom. The third-order valence-electron chi connectivity index (χ3n) is 4.67. The van der Waals surface area contributed by atoms with Crippen molar-refractivity contribution in [3.05, 3.63) is 94.4 Å². The predicted molar refractivity (Wildman–Crippen MR) is 109 cm³/mol. The third-order valence-corrected chi connectivity index (χ3v) is 4.67. The summed E-state index contributed by atoms with van der Waals surface area (Å²) in [6.45, 7) is 3.52. The molecule has 0 bridgehead atoms. The summed E-state index contributed by atoms with van der Waals surface area (Å²) < 4.78 is 17.4. The fraction of sp³-hybridized carbons (Fsp3) is 0.182. The van der Waals surface area contributed by atoms with Gasteiger partial charge in [0.15, 0.2) is 0 Å². The van der Waals surface area contributed by atoms with Crippen LogP contribution >= 0.6 is 0 Å². The van der Waals surface area contributed by atoms with Gasteiger partial charge in [0.1, 0.15) is 17.3 Å². The number of benzene rings is 2. The summed E-state index contributed by atoms with van der Waals surface area (Å²) in [5.41, 5.74) is 3.00. The summed E-state index contributed by atoms with van der Waals surface area (Å²) in [5.74, 6) is 0.384. The lowest BCUT2D eigenvalue weighted by molar-refractivity contribution is 0.629. The van der Waals surface area contributed by atoms with E-state index in [0.717, 1.165) is 11.1 Å². The van der Waals surface area contributed by atoms with E-state index < -0.39 is 0 Å². The van der Waals surface area contributed by atoms with Gasteiger partial charge in [-0.15, -0.1) is 0 Å². The highest BCUT2D eigenvalue weighted by atomic mass is 19.1. The van der Waals surface area contributed by atoms with Crippen LogP contribution in [0.2, 0.25) is 0 Å². The molecule has 5 nitrogen and oxygen atoms in total. The highest BCUT2D eigenvalue weighted by Gasteiger charge is 2.14. The molecule has 6 heteroatoms. The maximum absolute atomic E-state index is 13.7. The second-order valence-electron chi connectivity index (χ2n) is 6.62. The third kappa shape index (κ3) is 3.53. The molecule has 0 fully saturated rings. The maximum Gasteiger partial charge on any atom is 0.274 e. The van der Waals surface area contributed by atoms with Crippen molar-refractivity contribution in [1.29, 1.82) is 0 Å². The van der Waals surface area contributed by atoms with Crippen molar-refractivity contribution in [3.63, 3.8) is 0 Å².